The van der Waals surface area contributed by atoms with Crippen LogP contribution in [-0.4, -0.2) is 41.3 Å². The lowest BCUT2D eigenvalue weighted by Gasteiger charge is -2.26. The minimum atomic E-state index is -0.182. The van der Waals surface area contributed by atoms with E-state index in [1.54, 1.807) is 24.3 Å². The molecule has 1 aliphatic heterocycles. The van der Waals surface area contributed by atoms with Gasteiger partial charge in [0.05, 0.1) is 0 Å². The normalized spacial score (nSPS) is 15.3. The van der Waals surface area contributed by atoms with Crippen molar-refractivity contribution in [1.29, 1.82) is 0 Å². The second kappa shape index (κ2) is 8.58. The Kier molecular flexibility index (Phi) is 6.47. The Hall–Kier alpha value is -2.01. The number of thioether (sulfide) groups is 1. The number of carbonyl (C=O) groups excluding carboxylic acids is 2. The van der Waals surface area contributed by atoms with Gasteiger partial charge in [-0.25, -0.2) is 0 Å². The van der Waals surface area contributed by atoms with E-state index >= 15 is 0 Å². The van der Waals surface area contributed by atoms with E-state index in [9.17, 15) is 9.59 Å². The minimum Gasteiger partial charge on any atom is -0.337 e. The molecule has 1 fully saturated rings. The van der Waals surface area contributed by atoms with Crippen molar-refractivity contribution < 1.29 is 9.59 Å². The standard InChI is InChI=1S/C18H22N2O2S/c1-3-4-5-6-17(21)19-16-8-7-15(13-14(16)2)18(22)20-9-11-23-12-10-20/h3-8,13H,9-12H2,1-2H3,(H,19,21). The molecule has 0 aliphatic carbocycles. The Balaban J connectivity index is 2.05. The van der Waals surface area contributed by atoms with Crippen molar-refractivity contribution in [1.82, 2.24) is 4.90 Å². The van der Waals surface area contributed by atoms with Crippen LogP contribution in [0.5, 0.6) is 0 Å². The lowest BCUT2D eigenvalue weighted by Crippen LogP contribution is -2.37. The second-order valence-electron chi connectivity index (χ2n) is 5.31. The lowest BCUT2D eigenvalue weighted by molar-refractivity contribution is -0.111. The van der Waals surface area contributed by atoms with Crippen molar-refractivity contribution in [3.05, 3.63) is 53.6 Å². The van der Waals surface area contributed by atoms with Gasteiger partial charge in [-0.2, -0.15) is 11.8 Å². The predicted octanol–water partition coefficient (Wildman–Crippen LogP) is 3.25. The van der Waals surface area contributed by atoms with Gasteiger partial charge in [-0.15, -0.1) is 0 Å². The van der Waals surface area contributed by atoms with Crippen LogP contribution in [0.4, 0.5) is 5.69 Å². The zero-order valence-electron chi connectivity index (χ0n) is 13.5. The molecule has 23 heavy (non-hydrogen) atoms. The van der Waals surface area contributed by atoms with Crippen LogP contribution < -0.4 is 5.32 Å². The summed E-state index contributed by atoms with van der Waals surface area (Å²) >= 11 is 1.88. The molecule has 0 bridgehead atoms. The van der Waals surface area contributed by atoms with Crippen LogP contribution in [0.3, 0.4) is 0 Å². The molecular formula is C18H22N2O2S. The van der Waals surface area contributed by atoms with E-state index in [0.717, 1.165) is 35.8 Å². The lowest BCUT2D eigenvalue weighted by atomic mass is 10.1. The largest absolute Gasteiger partial charge is 0.337 e. The molecule has 0 saturated carbocycles. The Morgan fingerprint density at radius 3 is 2.61 bits per heavy atom. The number of rotatable bonds is 4. The number of anilines is 1. The first-order chi connectivity index (χ1) is 11.1. The third-order valence-electron chi connectivity index (χ3n) is 3.58. The maximum Gasteiger partial charge on any atom is 0.253 e. The Labute approximate surface area is 141 Å². The number of carbonyl (C=O) groups is 2. The third kappa shape index (κ3) is 4.99. The summed E-state index contributed by atoms with van der Waals surface area (Å²) in [4.78, 5) is 26.2. The van der Waals surface area contributed by atoms with Crippen LogP contribution in [0.15, 0.2) is 42.5 Å². The molecule has 0 spiro atoms. The van der Waals surface area contributed by atoms with Gasteiger partial charge in [-0.05, 0) is 37.6 Å². The van der Waals surface area contributed by atoms with Crippen molar-refractivity contribution in [2.75, 3.05) is 29.9 Å². The van der Waals surface area contributed by atoms with Crippen LogP contribution in [0.2, 0.25) is 0 Å². The highest BCUT2D eigenvalue weighted by Gasteiger charge is 2.18. The monoisotopic (exact) mass is 330 g/mol. The molecule has 122 valence electrons. The first kappa shape index (κ1) is 17.3. The average molecular weight is 330 g/mol. The molecule has 0 unspecified atom stereocenters. The number of aryl methyl sites for hydroxylation is 1. The molecule has 2 rings (SSSR count). The molecule has 1 aromatic rings. The number of nitrogens with one attached hydrogen (secondary N) is 1. The molecule has 1 aromatic carbocycles. The van der Waals surface area contributed by atoms with Gasteiger partial charge in [0.1, 0.15) is 0 Å². The molecule has 1 saturated heterocycles. The van der Waals surface area contributed by atoms with Crippen LogP contribution >= 0.6 is 11.8 Å². The molecule has 1 heterocycles. The number of allylic oxidation sites excluding steroid dienone is 3. The molecule has 4 nitrogen and oxygen atoms in total. The summed E-state index contributed by atoms with van der Waals surface area (Å²) in [5.74, 6) is 1.88. The van der Waals surface area contributed by atoms with E-state index in [2.05, 4.69) is 5.32 Å². The van der Waals surface area contributed by atoms with Crippen molar-refractivity contribution >= 4 is 29.3 Å². The summed E-state index contributed by atoms with van der Waals surface area (Å²) in [5.41, 5.74) is 2.29. The molecule has 0 radical (unpaired) electrons. The molecule has 1 aliphatic rings. The molecular weight excluding hydrogens is 308 g/mol. The molecule has 0 aromatic heterocycles. The fourth-order valence-corrected chi connectivity index (χ4v) is 3.22. The van der Waals surface area contributed by atoms with Crippen molar-refractivity contribution in [2.45, 2.75) is 13.8 Å². The van der Waals surface area contributed by atoms with E-state index in [1.165, 1.54) is 6.08 Å². The van der Waals surface area contributed by atoms with Gasteiger partial charge in [0.15, 0.2) is 0 Å². The Bertz CT molecular complexity index is 632. The van der Waals surface area contributed by atoms with Gasteiger partial charge in [-0.1, -0.05) is 18.2 Å². The highest BCUT2D eigenvalue weighted by atomic mass is 32.2. The van der Waals surface area contributed by atoms with Gasteiger partial charge in [0, 0.05) is 41.9 Å². The first-order valence-corrected chi connectivity index (χ1v) is 8.85. The zero-order chi connectivity index (χ0) is 16.7. The van der Waals surface area contributed by atoms with Crippen molar-refractivity contribution in [3.8, 4) is 0 Å². The predicted molar refractivity (Wildman–Crippen MR) is 97.0 cm³/mol. The number of benzene rings is 1. The summed E-state index contributed by atoms with van der Waals surface area (Å²) in [6.07, 6.45) is 6.82. The smallest absolute Gasteiger partial charge is 0.253 e. The molecule has 2 amide bonds. The van der Waals surface area contributed by atoms with Crippen LogP contribution in [0.1, 0.15) is 22.8 Å². The number of hydrogen-bond acceptors (Lipinski definition) is 3. The first-order valence-electron chi connectivity index (χ1n) is 7.70. The average Bonchev–Trinajstić information content (AvgIpc) is 2.57. The van der Waals surface area contributed by atoms with Crippen LogP contribution in [0.25, 0.3) is 0 Å². The van der Waals surface area contributed by atoms with Gasteiger partial charge in [-0.3, -0.25) is 9.59 Å². The quantitative estimate of drug-likeness (QED) is 0.681. The van der Waals surface area contributed by atoms with E-state index in [0.29, 0.717) is 5.56 Å². The van der Waals surface area contributed by atoms with Crippen molar-refractivity contribution in [2.24, 2.45) is 0 Å². The third-order valence-corrected chi connectivity index (χ3v) is 4.52. The fourth-order valence-electron chi connectivity index (χ4n) is 2.31. The minimum absolute atomic E-state index is 0.0688. The van der Waals surface area contributed by atoms with Crippen LogP contribution in [-0.2, 0) is 4.79 Å². The maximum atomic E-state index is 12.5. The summed E-state index contributed by atoms with van der Waals surface area (Å²) in [6, 6.07) is 5.42. The van der Waals surface area contributed by atoms with E-state index in [4.69, 9.17) is 0 Å². The number of amides is 2. The molecule has 5 heteroatoms. The van der Waals surface area contributed by atoms with E-state index in [-0.39, 0.29) is 11.8 Å². The summed E-state index contributed by atoms with van der Waals surface area (Å²) in [7, 11) is 0. The van der Waals surface area contributed by atoms with Gasteiger partial charge in [0.25, 0.3) is 5.91 Å². The topological polar surface area (TPSA) is 49.4 Å². The number of nitrogens with zero attached hydrogens (tertiary/aromatic N) is 1. The Morgan fingerprint density at radius 1 is 1.22 bits per heavy atom. The van der Waals surface area contributed by atoms with Gasteiger partial charge >= 0.3 is 0 Å². The number of hydrogen-bond donors (Lipinski definition) is 1. The van der Waals surface area contributed by atoms with Gasteiger partial charge in [0.2, 0.25) is 5.91 Å². The zero-order valence-corrected chi connectivity index (χ0v) is 14.4. The van der Waals surface area contributed by atoms with Crippen molar-refractivity contribution in [3.63, 3.8) is 0 Å². The van der Waals surface area contributed by atoms with Crippen LogP contribution in [0, 0.1) is 6.92 Å². The second-order valence-corrected chi connectivity index (χ2v) is 6.53. The van der Waals surface area contributed by atoms with E-state index in [1.807, 2.05) is 42.7 Å². The maximum absolute atomic E-state index is 12.5. The summed E-state index contributed by atoms with van der Waals surface area (Å²) in [5, 5.41) is 2.83. The Morgan fingerprint density at radius 2 is 1.96 bits per heavy atom. The SMILES string of the molecule is CC=CC=CC(=O)Nc1ccc(C(=O)N2CCSCC2)cc1C. The highest BCUT2D eigenvalue weighted by molar-refractivity contribution is 7.99. The van der Waals surface area contributed by atoms with Gasteiger partial charge < -0.3 is 10.2 Å². The highest BCUT2D eigenvalue weighted by Crippen LogP contribution is 2.19. The summed E-state index contributed by atoms with van der Waals surface area (Å²) < 4.78 is 0. The molecule has 1 N–H and O–H groups in total. The molecule has 0 atom stereocenters. The summed E-state index contributed by atoms with van der Waals surface area (Å²) in [6.45, 7) is 5.39. The fraction of sp³-hybridized carbons (Fsp3) is 0.333. The van der Waals surface area contributed by atoms with E-state index < -0.39 is 0 Å².